The van der Waals surface area contributed by atoms with Crippen molar-refractivity contribution in [2.45, 2.75) is 82.7 Å². The van der Waals surface area contributed by atoms with E-state index in [9.17, 15) is 0 Å². The fourth-order valence-corrected chi connectivity index (χ4v) is 5.22. The van der Waals surface area contributed by atoms with Crippen LogP contribution in [0.15, 0.2) is 24.3 Å². The topological polar surface area (TPSA) is 9.23 Å². The molecule has 1 nitrogen and oxygen atoms in total. The molecule has 0 N–H and O–H groups in total. The van der Waals surface area contributed by atoms with Gasteiger partial charge in [0.25, 0.3) is 0 Å². The van der Waals surface area contributed by atoms with Gasteiger partial charge < -0.3 is 3.79 Å². The number of aryl methyl sites for hydroxylation is 1. The normalized spacial score (nSPS) is 10.6. The van der Waals surface area contributed by atoms with E-state index >= 15 is 0 Å². The van der Waals surface area contributed by atoms with Gasteiger partial charge in [-0.25, -0.2) is 0 Å². The van der Waals surface area contributed by atoms with Gasteiger partial charge in [-0.15, -0.1) is 0 Å². The summed E-state index contributed by atoms with van der Waals surface area (Å²) in [6.45, 7) is 6.69. The van der Waals surface area contributed by atoms with Crippen LogP contribution in [0.5, 0.6) is 5.75 Å². The Labute approximate surface area is 136 Å². The second-order valence-electron chi connectivity index (χ2n) is 6.25. The molecule has 0 aromatic heterocycles. The average Bonchev–Trinajstić information content (AvgIpc) is 2.50. The Morgan fingerprint density at radius 1 is 0.762 bits per heavy atom. The largest absolute Gasteiger partial charge is 0.643 e. The van der Waals surface area contributed by atoms with Crippen LogP contribution in [0.25, 0.3) is 0 Å². The van der Waals surface area contributed by atoms with E-state index in [0.29, 0.717) is 0 Å². The lowest BCUT2D eigenvalue weighted by atomic mass is 10.2. The predicted molar refractivity (Wildman–Crippen MR) is 95.5 cm³/mol. The van der Waals surface area contributed by atoms with Crippen molar-refractivity contribution in [3.05, 3.63) is 29.8 Å². The standard InChI is InChI=1S/C7H8O.2C6H13.Al/c1-6-2-4-7(8)5-3-6;2*1-3-5-6-4-2;/h2-5,8H,1H3;2*1,3-6H2,2H3;/q;;;+1/p-1. The van der Waals surface area contributed by atoms with E-state index in [0.717, 1.165) is 5.75 Å². The van der Waals surface area contributed by atoms with Crippen molar-refractivity contribution < 1.29 is 3.79 Å². The van der Waals surface area contributed by atoms with Gasteiger partial charge in [0.05, 0.1) is 5.75 Å². The molecule has 0 bridgehead atoms. The molecule has 0 heterocycles. The van der Waals surface area contributed by atoms with E-state index in [1.165, 1.54) is 67.5 Å². The third-order valence-electron chi connectivity index (χ3n) is 4.08. The lowest BCUT2D eigenvalue weighted by molar-refractivity contribution is 0.545. The molecule has 0 saturated carbocycles. The molecule has 0 saturated heterocycles. The third-order valence-corrected chi connectivity index (χ3v) is 6.79. The summed E-state index contributed by atoms with van der Waals surface area (Å²) in [6.07, 6.45) is 10.9. The van der Waals surface area contributed by atoms with Gasteiger partial charge in [-0.1, -0.05) is 93.5 Å². The molecule has 1 aromatic carbocycles. The summed E-state index contributed by atoms with van der Waals surface area (Å²) in [5, 5.41) is 2.69. The molecule has 0 fully saturated rings. The molecule has 0 amide bonds. The smallest absolute Gasteiger partial charge is 0.546 e. The van der Waals surface area contributed by atoms with E-state index in [-0.39, 0.29) is 0 Å². The van der Waals surface area contributed by atoms with E-state index < -0.39 is 14.5 Å². The summed E-state index contributed by atoms with van der Waals surface area (Å²) >= 11 is -1.06. The van der Waals surface area contributed by atoms with Crippen LogP contribution in [0.1, 0.15) is 70.8 Å². The molecular formula is C19H33AlO. The van der Waals surface area contributed by atoms with Crippen molar-refractivity contribution in [1.82, 2.24) is 0 Å². The SMILES string of the molecule is CCCCC[CH2][Al]([CH2]CCCCC)[O]c1ccc(C)cc1. The van der Waals surface area contributed by atoms with Crippen molar-refractivity contribution in [3.8, 4) is 5.75 Å². The maximum absolute atomic E-state index is 6.37. The second kappa shape index (κ2) is 12.1. The van der Waals surface area contributed by atoms with Crippen molar-refractivity contribution in [2.75, 3.05) is 0 Å². The lowest BCUT2D eigenvalue weighted by Crippen LogP contribution is -2.21. The molecular weight excluding hydrogens is 271 g/mol. The number of hydrogen-bond acceptors (Lipinski definition) is 1. The van der Waals surface area contributed by atoms with Gasteiger partial charge in [0, 0.05) is 0 Å². The molecule has 1 aromatic rings. The van der Waals surface area contributed by atoms with Crippen LogP contribution in [-0.2, 0) is 0 Å². The van der Waals surface area contributed by atoms with E-state index in [1.54, 1.807) is 0 Å². The summed E-state index contributed by atoms with van der Waals surface area (Å²) in [7, 11) is 0. The van der Waals surface area contributed by atoms with Gasteiger partial charge in [-0.2, -0.15) is 0 Å². The molecule has 2 heteroatoms. The van der Waals surface area contributed by atoms with Crippen molar-refractivity contribution in [3.63, 3.8) is 0 Å². The molecule has 0 aliphatic carbocycles. The highest BCUT2D eigenvalue weighted by molar-refractivity contribution is 6.52. The van der Waals surface area contributed by atoms with Crippen LogP contribution in [0.4, 0.5) is 0 Å². The maximum atomic E-state index is 6.37. The first-order chi connectivity index (χ1) is 10.3. The van der Waals surface area contributed by atoms with Crippen LogP contribution >= 0.6 is 0 Å². The van der Waals surface area contributed by atoms with Crippen molar-refractivity contribution in [2.24, 2.45) is 0 Å². The molecule has 0 radical (unpaired) electrons. The zero-order valence-corrected chi connectivity index (χ0v) is 15.5. The number of rotatable bonds is 12. The Hall–Kier alpha value is -0.448. The highest BCUT2D eigenvalue weighted by Crippen LogP contribution is 2.19. The molecule has 21 heavy (non-hydrogen) atoms. The summed E-state index contributed by atoms with van der Waals surface area (Å²) < 4.78 is 6.37. The van der Waals surface area contributed by atoms with Crippen LogP contribution in [0.3, 0.4) is 0 Å². The minimum atomic E-state index is -1.06. The summed E-state index contributed by atoms with van der Waals surface area (Å²) in [5.74, 6) is 1.10. The van der Waals surface area contributed by atoms with Crippen LogP contribution in [0, 0.1) is 6.92 Å². The van der Waals surface area contributed by atoms with Crippen LogP contribution in [0.2, 0.25) is 10.6 Å². The molecule has 1 rings (SSSR count). The first-order valence-corrected chi connectivity index (χ1v) is 11.1. The highest BCUT2D eigenvalue weighted by atomic mass is 27.2. The van der Waals surface area contributed by atoms with Crippen LogP contribution in [-0.4, -0.2) is 14.5 Å². The fourth-order valence-electron chi connectivity index (χ4n) is 2.67. The lowest BCUT2D eigenvalue weighted by Gasteiger charge is -2.15. The maximum Gasteiger partial charge on any atom is 0.546 e. The van der Waals surface area contributed by atoms with Gasteiger partial charge in [0.1, 0.15) is 0 Å². The quantitative estimate of drug-likeness (QED) is 0.315. The average molecular weight is 304 g/mol. The summed E-state index contributed by atoms with van der Waals surface area (Å²) in [5.41, 5.74) is 1.31. The highest BCUT2D eigenvalue weighted by Gasteiger charge is 2.22. The number of hydrogen-bond donors (Lipinski definition) is 0. The molecule has 0 atom stereocenters. The Bertz CT molecular complexity index is 335. The monoisotopic (exact) mass is 304 g/mol. The van der Waals surface area contributed by atoms with Gasteiger partial charge in [-0.05, 0) is 19.1 Å². The first-order valence-electron chi connectivity index (χ1n) is 8.99. The predicted octanol–water partition coefficient (Wildman–Crippen LogP) is 6.53. The minimum absolute atomic E-state index is 1.06. The Morgan fingerprint density at radius 3 is 1.76 bits per heavy atom. The fraction of sp³-hybridized carbons (Fsp3) is 0.684. The van der Waals surface area contributed by atoms with Crippen LogP contribution < -0.4 is 3.79 Å². The Morgan fingerprint density at radius 2 is 1.29 bits per heavy atom. The van der Waals surface area contributed by atoms with Gasteiger partial charge in [0.2, 0.25) is 0 Å². The number of benzene rings is 1. The molecule has 118 valence electrons. The second-order valence-corrected chi connectivity index (χ2v) is 8.89. The molecule has 0 aliphatic heterocycles. The Kier molecular flexibility index (Phi) is 10.7. The summed E-state index contributed by atoms with van der Waals surface area (Å²) in [4.78, 5) is 0. The minimum Gasteiger partial charge on any atom is -0.643 e. The zero-order valence-electron chi connectivity index (χ0n) is 14.4. The van der Waals surface area contributed by atoms with Crippen molar-refractivity contribution >= 4 is 14.5 Å². The third kappa shape index (κ3) is 9.23. The van der Waals surface area contributed by atoms with Crippen molar-refractivity contribution in [1.29, 1.82) is 0 Å². The van der Waals surface area contributed by atoms with E-state index in [2.05, 4.69) is 45.0 Å². The number of unbranched alkanes of at least 4 members (excludes halogenated alkanes) is 6. The summed E-state index contributed by atoms with van der Waals surface area (Å²) in [6, 6.07) is 8.62. The molecule has 0 spiro atoms. The van der Waals surface area contributed by atoms with E-state index in [4.69, 9.17) is 3.79 Å². The van der Waals surface area contributed by atoms with Gasteiger partial charge in [-0.3, -0.25) is 0 Å². The van der Waals surface area contributed by atoms with Gasteiger partial charge >= 0.3 is 14.5 Å². The molecule has 0 unspecified atom stereocenters. The molecule has 0 aliphatic rings. The van der Waals surface area contributed by atoms with E-state index in [1.807, 2.05) is 0 Å². The Balaban J connectivity index is 2.39. The van der Waals surface area contributed by atoms with Gasteiger partial charge in [0.15, 0.2) is 0 Å². The first kappa shape index (κ1) is 18.6. The zero-order chi connectivity index (χ0) is 15.3.